The van der Waals surface area contributed by atoms with Crippen LogP contribution in [0, 0.1) is 0 Å². The molecule has 142 valence electrons. The maximum absolute atomic E-state index is 12.4. The van der Waals surface area contributed by atoms with Crippen molar-refractivity contribution in [2.24, 2.45) is 0 Å². The van der Waals surface area contributed by atoms with Gasteiger partial charge in [0.1, 0.15) is 6.10 Å². The van der Waals surface area contributed by atoms with Gasteiger partial charge in [0.05, 0.1) is 13.2 Å². The monoisotopic (exact) mass is 366 g/mol. The molecule has 5 nitrogen and oxygen atoms in total. The van der Waals surface area contributed by atoms with Gasteiger partial charge in [0.2, 0.25) is 5.91 Å². The normalized spacial score (nSPS) is 23.6. The highest BCUT2D eigenvalue weighted by atomic mass is 16.5. The first-order chi connectivity index (χ1) is 13.2. The second-order valence-electron chi connectivity index (χ2n) is 7.43. The third-order valence-corrected chi connectivity index (χ3v) is 5.56. The van der Waals surface area contributed by atoms with Crippen LogP contribution in [0.2, 0.25) is 0 Å². The van der Waals surface area contributed by atoms with Crippen molar-refractivity contribution < 1.29 is 14.3 Å². The van der Waals surface area contributed by atoms with Gasteiger partial charge in [-0.1, -0.05) is 48.5 Å². The SMILES string of the molecule is COCCNC(=O)[C@@H]1C[C@]2(CO1)CN(Cc1ccccc1)c1ccccc12. The number of carbonyl (C=O) groups excluding carboxylic acids is 1. The maximum atomic E-state index is 12.4. The molecular weight excluding hydrogens is 340 g/mol. The summed E-state index contributed by atoms with van der Waals surface area (Å²) in [7, 11) is 1.63. The fourth-order valence-corrected chi connectivity index (χ4v) is 4.27. The Balaban J connectivity index is 1.51. The van der Waals surface area contributed by atoms with Crippen LogP contribution in [-0.4, -0.2) is 45.4 Å². The lowest BCUT2D eigenvalue weighted by molar-refractivity contribution is -0.130. The van der Waals surface area contributed by atoms with Crippen LogP contribution < -0.4 is 10.2 Å². The average molecular weight is 366 g/mol. The summed E-state index contributed by atoms with van der Waals surface area (Å²) in [6.45, 7) is 3.35. The van der Waals surface area contributed by atoms with Crippen LogP contribution in [0.15, 0.2) is 54.6 Å². The Bertz CT molecular complexity index is 795. The molecule has 2 aliphatic rings. The Hall–Kier alpha value is -2.37. The van der Waals surface area contributed by atoms with Crippen LogP contribution >= 0.6 is 0 Å². The Morgan fingerprint density at radius 3 is 2.81 bits per heavy atom. The highest BCUT2D eigenvalue weighted by Gasteiger charge is 2.50. The molecule has 4 rings (SSSR count). The van der Waals surface area contributed by atoms with Gasteiger partial charge in [0.25, 0.3) is 0 Å². The number of benzene rings is 2. The molecule has 27 heavy (non-hydrogen) atoms. The molecule has 2 heterocycles. The first kappa shape index (κ1) is 18.0. The molecule has 0 unspecified atom stereocenters. The minimum Gasteiger partial charge on any atom is -0.383 e. The number of methoxy groups -OCH3 is 1. The minimum atomic E-state index is -0.397. The largest absolute Gasteiger partial charge is 0.383 e. The molecule has 2 aliphatic heterocycles. The first-order valence-corrected chi connectivity index (χ1v) is 9.48. The van der Waals surface area contributed by atoms with E-state index in [-0.39, 0.29) is 11.3 Å². The molecule has 2 aromatic carbocycles. The van der Waals surface area contributed by atoms with Crippen molar-refractivity contribution in [2.45, 2.75) is 24.5 Å². The van der Waals surface area contributed by atoms with E-state index in [2.05, 4.69) is 58.7 Å². The lowest BCUT2D eigenvalue weighted by Crippen LogP contribution is -2.38. The van der Waals surface area contributed by atoms with E-state index < -0.39 is 6.10 Å². The van der Waals surface area contributed by atoms with Crippen molar-refractivity contribution in [3.63, 3.8) is 0 Å². The molecule has 1 amide bonds. The van der Waals surface area contributed by atoms with Crippen LogP contribution in [0.5, 0.6) is 0 Å². The van der Waals surface area contributed by atoms with Crippen LogP contribution in [0.4, 0.5) is 5.69 Å². The summed E-state index contributed by atoms with van der Waals surface area (Å²) < 4.78 is 11.0. The van der Waals surface area contributed by atoms with Crippen LogP contribution in [0.25, 0.3) is 0 Å². The fraction of sp³-hybridized carbons (Fsp3) is 0.409. The predicted octanol–water partition coefficient (Wildman–Crippen LogP) is 2.50. The van der Waals surface area contributed by atoms with Gasteiger partial charge in [0.15, 0.2) is 0 Å². The van der Waals surface area contributed by atoms with E-state index in [9.17, 15) is 4.79 Å². The van der Waals surface area contributed by atoms with Crippen molar-refractivity contribution in [3.8, 4) is 0 Å². The molecule has 0 radical (unpaired) electrons. The number of para-hydroxylation sites is 1. The van der Waals surface area contributed by atoms with Gasteiger partial charge < -0.3 is 19.7 Å². The number of fused-ring (bicyclic) bond motifs is 2. The summed E-state index contributed by atoms with van der Waals surface area (Å²) in [6.07, 6.45) is 0.320. The van der Waals surface area contributed by atoms with Crippen LogP contribution in [0.3, 0.4) is 0 Å². The quantitative estimate of drug-likeness (QED) is 0.798. The first-order valence-electron chi connectivity index (χ1n) is 9.48. The predicted molar refractivity (Wildman–Crippen MR) is 105 cm³/mol. The second-order valence-corrected chi connectivity index (χ2v) is 7.43. The number of anilines is 1. The summed E-state index contributed by atoms with van der Waals surface area (Å²) in [5.41, 5.74) is 3.73. The molecule has 2 atom stereocenters. The molecule has 5 heteroatoms. The van der Waals surface area contributed by atoms with Crippen molar-refractivity contribution in [2.75, 3.05) is 38.3 Å². The van der Waals surface area contributed by atoms with Crippen LogP contribution in [-0.2, 0) is 26.2 Å². The molecule has 1 fully saturated rings. The van der Waals surface area contributed by atoms with E-state index in [1.807, 2.05) is 6.07 Å². The molecule has 1 spiro atoms. The standard InChI is InChI=1S/C22H26N2O3/c1-26-12-11-23-21(25)20-13-22(16-27-20)15-24(14-17-7-3-2-4-8-17)19-10-6-5-9-18(19)22/h2-10,20H,11-16H2,1H3,(H,23,25)/t20-,22+/m0/s1. The highest BCUT2D eigenvalue weighted by Crippen LogP contribution is 2.47. The summed E-state index contributed by atoms with van der Waals surface area (Å²) >= 11 is 0. The number of carbonyl (C=O) groups is 1. The topological polar surface area (TPSA) is 50.8 Å². The van der Waals surface area contributed by atoms with Gasteiger partial charge >= 0.3 is 0 Å². The van der Waals surface area contributed by atoms with E-state index in [0.29, 0.717) is 26.2 Å². The second kappa shape index (κ2) is 7.71. The van der Waals surface area contributed by atoms with Crippen molar-refractivity contribution in [1.82, 2.24) is 5.32 Å². The summed E-state index contributed by atoms with van der Waals surface area (Å²) in [6, 6.07) is 19.0. The zero-order valence-corrected chi connectivity index (χ0v) is 15.7. The molecule has 1 N–H and O–H groups in total. The van der Waals surface area contributed by atoms with E-state index in [1.54, 1.807) is 7.11 Å². The van der Waals surface area contributed by atoms with Gasteiger partial charge in [-0.05, 0) is 23.6 Å². The van der Waals surface area contributed by atoms with Gasteiger partial charge in [-0.3, -0.25) is 4.79 Å². The molecule has 0 bridgehead atoms. The summed E-state index contributed by atoms with van der Waals surface area (Å²) in [5, 5.41) is 2.90. The highest BCUT2D eigenvalue weighted by molar-refractivity contribution is 5.81. The van der Waals surface area contributed by atoms with Gasteiger partial charge in [-0.2, -0.15) is 0 Å². The number of amides is 1. The van der Waals surface area contributed by atoms with E-state index >= 15 is 0 Å². The van der Waals surface area contributed by atoms with E-state index in [0.717, 1.165) is 13.1 Å². The Morgan fingerprint density at radius 1 is 1.22 bits per heavy atom. The van der Waals surface area contributed by atoms with Crippen molar-refractivity contribution in [1.29, 1.82) is 0 Å². The zero-order chi connectivity index (χ0) is 18.7. The Kier molecular flexibility index (Phi) is 5.14. The number of nitrogens with zero attached hydrogens (tertiary/aromatic N) is 1. The molecule has 0 saturated carbocycles. The molecule has 0 aliphatic carbocycles. The number of nitrogens with one attached hydrogen (secondary N) is 1. The number of ether oxygens (including phenoxy) is 2. The Labute approximate surface area is 160 Å². The third kappa shape index (κ3) is 3.57. The smallest absolute Gasteiger partial charge is 0.249 e. The fourth-order valence-electron chi connectivity index (χ4n) is 4.27. The maximum Gasteiger partial charge on any atom is 0.249 e. The Morgan fingerprint density at radius 2 is 2.00 bits per heavy atom. The van der Waals surface area contributed by atoms with Gasteiger partial charge in [-0.25, -0.2) is 0 Å². The van der Waals surface area contributed by atoms with E-state index in [4.69, 9.17) is 9.47 Å². The molecule has 1 saturated heterocycles. The molecular formula is C22H26N2O3. The van der Waals surface area contributed by atoms with Crippen molar-refractivity contribution >= 4 is 11.6 Å². The van der Waals surface area contributed by atoms with Crippen molar-refractivity contribution in [3.05, 3.63) is 65.7 Å². The number of rotatable bonds is 6. The third-order valence-electron chi connectivity index (χ3n) is 5.56. The van der Waals surface area contributed by atoms with E-state index in [1.165, 1.54) is 16.8 Å². The number of hydrogen-bond donors (Lipinski definition) is 1. The average Bonchev–Trinajstić information content (AvgIpc) is 3.26. The minimum absolute atomic E-state index is 0.0390. The summed E-state index contributed by atoms with van der Waals surface area (Å²) in [5.74, 6) is -0.0390. The van der Waals surface area contributed by atoms with Gasteiger partial charge in [0, 0.05) is 37.8 Å². The molecule has 0 aromatic heterocycles. The number of hydrogen-bond acceptors (Lipinski definition) is 4. The zero-order valence-electron chi connectivity index (χ0n) is 15.7. The lowest BCUT2D eigenvalue weighted by Gasteiger charge is -2.24. The van der Waals surface area contributed by atoms with Gasteiger partial charge in [-0.15, -0.1) is 0 Å². The summed E-state index contributed by atoms with van der Waals surface area (Å²) in [4.78, 5) is 14.9. The van der Waals surface area contributed by atoms with Crippen LogP contribution in [0.1, 0.15) is 17.5 Å². The lowest BCUT2D eigenvalue weighted by atomic mass is 9.80. The molecule has 2 aromatic rings.